The Morgan fingerprint density at radius 3 is 2.17 bits per heavy atom. The molecule has 246 valence electrons. The summed E-state index contributed by atoms with van der Waals surface area (Å²) in [6, 6.07) is 18.4. The second kappa shape index (κ2) is 13.7. The lowest BCUT2D eigenvalue weighted by atomic mass is 9.67. The molecule has 2 aliphatic rings. The van der Waals surface area contributed by atoms with Gasteiger partial charge in [-0.1, -0.05) is 29.5 Å². The number of nitrogens with zero attached hydrogens (tertiary/aromatic N) is 5. The number of H-pyrrole nitrogens is 1. The maximum Gasteiger partial charge on any atom is 0.251 e. The Bertz CT molecular complexity index is 1800. The molecule has 12 nitrogen and oxygen atoms in total. The molecule has 4 aromatic rings. The fraction of sp³-hybridized carbons (Fsp3) is 0.343. The first-order valence-corrected chi connectivity index (χ1v) is 15.9. The van der Waals surface area contributed by atoms with Crippen molar-refractivity contribution in [1.82, 2.24) is 41.5 Å². The zero-order valence-electron chi connectivity index (χ0n) is 26.7. The molecule has 2 atom stereocenters. The van der Waals surface area contributed by atoms with Crippen molar-refractivity contribution in [2.45, 2.75) is 49.6 Å². The number of carbonyl (C=O) groups is 3. The van der Waals surface area contributed by atoms with Crippen LogP contribution in [0.2, 0.25) is 0 Å². The second-order valence-electron chi connectivity index (χ2n) is 12.1. The lowest BCUT2D eigenvalue weighted by Gasteiger charge is -2.37. The first kappa shape index (κ1) is 32.5. The van der Waals surface area contributed by atoms with Gasteiger partial charge in [0.05, 0.1) is 18.0 Å². The Morgan fingerprint density at radius 2 is 1.62 bits per heavy atom. The van der Waals surface area contributed by atoms with Crippen molar-refractivity contribution in [1.29, 1.82) is 5.26 Å². The molecule has 3 amide bonds. The van der Waals surface area contributed by atoms with E-state index in [-0.39, 0.29) is 30.7 Å². The number of hydrogen-bond acceptors (Lipinski definition) is 8. The largest absolute Gasteiger partial charge is 0.355 e. The van der Waals surface area contributed by atoms with Gasteiger partial charge in [0.2, 0.25) is 5.91 Å². The molecule has 0 radical (unpaired) electrons. The van der Waals surface area contributed by atoms with Crippen LogP contribution < -0.4 is 16.0 Å². The van der Waals surface area contributed by atoms with Crippen molar-refractivity contribution in [3.8, 4) is 6.07 Å². The van der Waals surface area contributed by atoms with Crippen LogP contribution in [-0.2, 0) is 23.1 Å². The van der Waals surface area contributed by atoms with Gasteiger partial charge < -0.3 is 20.9 Å². The summed E-state index contributed by atoms with van der Waals surface area (Å²) >= 11 is 0. The number of tetrazole rings is 1. The fourth-order valence-corrected chi connectivity index (χ4v) is 7.13. The van der Waals surface area contributed by atoms with E-state index >= 15 is 0 Å². The molecular formula is C35H36FN9O3. The zero-order chi connectivity index (χ0) is 33.8. The first-order valence-electron chi connectivity index (χ1n) is 15.9. The zero-order valence-corrected chi connectivity index (χ0v) is 26.7. The molecule has 3 aromatic carbocycles. The number of hydrogen-bond donors (Lipinski definition) is 4. The average Bonchev–Trinajstić information content (AvgIpc) is 3.82. The Kier molecular flexibility index (Phi) is 9.27. The first-order chi connectivity index (χ1) is 23.3. The highest BCUT2D eigenvalue weighted by molar-refractivity contribution is 5.95. The molecule has 0 saturated carbocycles. The van der Waals surface area contributed by atoms with Gasteiger partial charge in [-0.25, -0.2) is 4.39 Å². The smallest absolute Gasteiger partial charge is 0.251 e. The Morgan fingerprint density at radius 1 is 1.00 bits per heavy atom. The van der Waals surface area contributed by atoms with Gasteiger partial charge in [0.25, 0.3) is 11.8 Å². The normalized spacial score (nSPS) is 17.0. The maximum absolute atomic E-state index is 14.2. The molecular weight excluding hydrogens is 613 g/mol. The molecule has 1 aliphatic carbocycles. The highest BCUT2D eigenvalue weighted by atomic mass is 19.1. The summed E-state index contributed by atoms with van der Waals surface area (Å²) in [4.78, 5) is 40.5. The fourth-order valence-electron chi connectivity index (χ4n) is 7.13. The number of aromatic amines is 1. The van der Waals surface area contributed by atoms with Crippen LogP contribution in [0.25, 0.3) is 0 Å². The highest BCUT2D eigenvalue weighted by Crippen LogP contribution is 2.49. The van der Waals surface area contributed by atoms with Gasteiger partial charge in [-0.3, -0.25) is 14.4 Å². The van der Waals surface area contributed by atoms with Gasteiger partial charge in [0.15, 0.2) is 5.82 Å². The number of carbonyl (C=O) groups excluding carboxylic acids is 3. The van der Waals surface area contributed by atoms with Gasteiger partial charge in [-0.15, -0.1) is 10.2 Å². The third-order valence-electron chi connectivity index (χ3n) is 9.50. The molecule has 2 heterocycles. The van der Waals surface area contributed by atoms with Crippen LogP contribution in [0.1, 0.15) is 79.7 Å². The minimum atomic E-state index is -1.10. The van der Waals surface area contributed by atoms with E-state index in [2.05, 4.69) is 42.6 Å². The van der Waals surface area contributed by atoms with E-state index in [4.69, 9.17) is 0 Å². The number of rotatable bonds is 9. The SMILES string of the molecule is CNC(=O)c1ccc2c(c1)CCc1cc(C(=O)NC)ccc1C2(C[C@H](NCC(=O)N1CCCC1C#N)c1ccc(F)cc1)c1nn[nH]n1. The molecule has 13 heteroatoms. The van der Waals surface area contributed by atoms with E-state index in [0.717, 1.165) is 34.2 Å². The van der Waals surface area contributed by atoms with E-state index in [1.807, 2.05) is 24.3 Å². The van der Waals surface area contributed by atoms with Crippen molar-refractivity contribution in [3.05, 3.63) is 111 Å². The number of nitrogens with one attached hydrogen (secondary N) is 4. The minimum Gasteiger partial charge on any atom is -0.355 e. The van der Waals surface area contributed by atoms with Crippen LogP contribution in [0.4, 0.5) is 4.39 Å². The number of halogens is 1. The van der Waals surface area contributed by atoms with Crippen LogP contribution in [0.5, 0.6) is 0 Å². The molecule has 1 aliphatic heterocycles. The molecule has 6 rings (SSSR count). The van der Waals surface area contributed by atoms with Gasteiger partial charge in [0.1, 0.15) is 11.9 Å². The Labute approximate surface area is 277 Å². The standard InChI is InChI=1S/C35H36FN9O3/c1-38-32(47)24-9-13-28-22(16-24)5-6-23-17-25(33(48)39-2)10-14-29(23)35(28,34-41-43-44-42-34)18-30(21-7-11-26(36)12-8-21)40-20-31(46)45-15-3-4-27(45)19-37/h7-14,16-17,27,30,40H,3-6,15,18,20H2,1-2H3,(H,38,47)(H,39,48)(H,41,42,43,44)/t27?,30-/m0/s1. The summed E-state index contributed by atoms with van der Waals surface area (Å²) in [6.07, 6.45) is 2.76. The summed E-state index contributed by atoms with van der Waals surface area (Å²) in [5, 5.41) is 34.0. The quantitative estimate of drug-likeness (QED) is 0.215. The van der Waals surface area contributed by atoms with E-state index in [9.17, 15) is 24.0 Å². The molecule has 0 bridgehead atoms. The summed E-state index contributed by atoms with van der Waals surface area (Å²) < 4.78 is 14.2. The number of fused-ring (bicyclic) bond motifs is 2. The molecule has 1 fully saturated rings. The van der Waals surface area contributed by atoms with Crippen molar-refractivity contribution >= 4 is 17.7 Å². The lowest BCUT2D eigenvalue weighted by molar-refractivity contribution is -0.130. The van der Waals surface area contributed by atoms with E-state index in [1.165, 1.54) is 12.1 Å². The number of amides is 3. The predicted octanol–water partition coefficient (Wildman–Crippen LogP) is 2.73. The number of nitriles is 1. The van der Waals surface area contributed by atoms with Crippen molar-refractivity contribution in [3.63, 3.8) is 0 Å². The van der Waals surface area contributed by atoms with Gasteiger partial charge >= 0.3 is 0 Å². The second-order valence-corrected chi connectivity index (χ2v) is 12.1. The Balaban J connectivity index is 1.53. The third kappa shape index (κ3) is 6.02. The Hall–Kier alpha value is -5.48. The topological polar surface area (TPSA) is 169 Å². The molecule has 4 N–H and O–H groups in total. The summed E-state index contributed by atoms with van der Waals surface area (Å²) in [7, 11) is 3.16. The number of aryl methyl sites for hydroxylation is 2. The molecule has 0 spiro atoms. The van der Waals surface area contributed by atoms with Crippen molar-refractivity contribution < 1.29 is 18.8 Å². The molecule has 1 saturated heterocycles. The summed E-state index contributed by atoms with van der Waals surface area (Å²) in [6.45, 7) is 0.447. The average molecular weight is 650 g/mol. The van der Waals surface area contributed by atoms with E-state index in [0.29, 0.717) is 42.8 Å². The lowest BCUT2D eigenvalue weighted by Crippen LogP contribution is -2.43. The highest BCUT2D eigenvalue weighted by Gasteiger charge is 2.46. The van der Waals surface area contributed by atoms with Crippen molar-refractivity contribution in [2.24, 2.45) is 0 Å². The van der Waals surface area contributed by atoms with E-state index in [1.54, 1.807) is 43.3 Å². The number of aromatic nitrogens is 4. The van der Waals surface area contributed by atoms with E-state index < -0.39 is 23.3 Å². The maximum atomic E-state index is 14.2. The van der Waals surface area contributed by atoms with Gasteiger partial charge in [-0.2, -0.15) is 10.5 Å². The molecule has 1 aromatic heterocycles. The summed E-state index contributed by atoms with van der Waals surface area (Å²) in [5.74, 6) is -0.699. The molecule has 1 unspecified atom stereocenters. The van der Waals surface area contributed by atoms with Crippen LogP contribution in [0.15, 0.2) is 60.7 Å². The minimum absolute atomic E-state index is 0.0620. The molecule has 48 heavy (non-hydrogen) atoms. The van der Waals surface area contributed by atoms with Crippen LogP contribution in [-0.4, -0.2) is 76.5 Å². The number of likely N-dealkylation sites (tertiary alicyclic amines) is 1. The van der Waals surface area contributed by atoms with Gasteiger partial charge in [-0.05, 0) is 96.3 Å². The van der Waals surface area contributed by atoms with Crippen LogP contribution in [0.3, 0.4) is 0 Å². The van der Waals surface area contributed by atoms with Gasteiger partial charge in [0, 0.05) is 37.8 Å². The predicted molar refractivity (Wildman–Crippen MR) is 173 cm³/mol. The third-order valence-corrected chi connectivity index (χ3v) is 9.50. The van der Waals surface area contributed by atoms with Crippen molar-refractivity contribution in [2.75, 3.05) is 27.2 Å². The van der Waals surface area contributed by atoms with Crippen LogP contribution >= 0.6 is 0 Å². The monoisotopic (exact) mass is 649 g/mol. The summed E-state index contributed by atoms with van der Waals surface area (Å²) in [5.41, 5.74) is 4.07. The number of benzene rings is 3. The van der Waals surface area contributed by atoms with Crippen LogP contribution in [0, 0.1) is 17.1 Å².